The van der Waals surface area contributed by atoms with Crippen LogP contribution in [0.15, 0.2) is 12.1 Å². The van der Waals surface area contributed by atoms with Crippen molar-refractivity contribution in [3.8, 4) is 0 Å². The van der Waals surface area contributed by atoms with Crippen LogP contribution in [-0.4, -0.2) is 29.5 Å². The summed E-state index contributed by atoms with van der Waals surface area (Å²) in [5.74, 6) is -2.83. The lowest BCUT2D eigenvalue weighted by Gasteiger charge is -2.17. The first kappa shape index (κ1) is 15.2. The van der Waals surface area contributed by atoms with Crippen LogP contribution in [0.25, 0.3) is 0 Å². The van der Waals surface area contributed by atoms with E-state index < -0.39 is 33.7 Å². The lowest BCUT2D eigenvalue weighted by atomic mass is 10.3. The van der Waals surface area contributed by atoms with Gasteiger partial charge in [-0.15, -0.1) is 0 Å². The second kappa shape index (κ2) is 7.52. The summed E-state index contributed by atoms with van der Waals surface area (Å²) in [5, 5.41) is -0.221. The third kappa shape index (κ3) is 4.41. The molecule has 1 aromatic rings. The van der Waals surface area contributed by atoms with Gasteiger partial charge in [-0.05, 0) is 13.8 Å². The monoisotopic (exact) mass is 280 g/mol. The summed E-state index contributed by atoms with van der Waals surface area (Å²) in [5.41, 5.74) is 0. The van der Waals surface area contributed by atoms with Crippen LogP contribution in [-0.2, 0) is 13.9 Å². The van der Waals surface area contributed by atoms with Crippen molar-refractivity contribution in [3.63, 3.8) is 0 Å². The summed E-state index contributed by atoms with van der Waals surface area (Å²) in [6.07, 6.45) is 0. The van der Waals surface area contributed by atoms with Gasteiger partial charge in [-0.2, -0.15) is 0 Å². The fourth-order valence-corrected chi connectivity index (χ4v) is 2.25. The van der Waals surface area contributed by atoms with Crippen LogP contribution in [0.1, 0.15) is 13.8 Å². The van der Waals surface area contributed by atoms with Crippen molar-refractivity contribution in [2.24, 2.45) is 0 Å². The Balaban J connectivity index is 2.66. The molecule has 0 unspecified atom stereocenters. The van der Waals surface area contributed by atoms with E-state index in [4.69, 9.17) is 13.9 Å². The van der Waals surface area contributed by atoms with Gasteiger partial charge in [0.05, 0.1) is 0 Å². The van der Waals surface area contributed by atoms with Gasteiger partial charge in [0.2, 0.25) is 9.76 Å². The van der Waals surface area contributed by atoms with Crippen LogP contribution in [0.5, 0.6) is 0 Å². The van der Waals surface area contributed by atoms with E-state index in [0.29, 0.717) is 25.3 Å². The SMILES string of the molecule is CCOC(OCC)O[SiH2]c1c(F)cc(F)cc1F. The maximum Gasteiger partial charge on any atom is 0.261 e. The largest absolute Gasteiger partial charge is 0.373 e. The normalized spacial score (nSPS) is 11.9. The van der Waals surface area contributed by atoms with E-state index in [0.717, 1.165) is 0 Å². The maximum atomic E-state index is 13.3. The third-order valence-corrected chi connectivity index (χ3v) is 3.48. The van der Waals surface area contributed by atoms with Crippen molar-refractivity contribution >= 4 is 14.9 Å². The number of ether oxygens (including phenoxy) is 2. The van der Waals surface area contributed by atoms with Crippen LogP contribution in [0.2, 0.25) is 0 Å². The molecule has 0 saturated carbocycles. The molecule has 0 radical (unpaired) electrons. The zero-order valence-electron chi connectivity index (χ0n) is 10.2. The van der Waals surface area contributed by atoms with Crippen molar-refractivity contribution in [1.29, 1.82) is 0 Å². The molecule has 0 aliphatic rings. The number of rotatable bonds is 7. The number of halogens is 3. The third-order valence-electron chi connectivity index (χ3n) is 2.08. The van der Waals surface area contributed by atoms with Gasteiger partial charge in [-0.1, -0.05) is 0 Å². The van der Waals surface area contributed by atoms with Crippen molar-refractivity contribution in [3.05, 3.63) is 29.6 Å². The topological polar surface area (TPSA) is 27.7 Å². The summed E-state index contributed by atoms with van der Waals surface area (Å²) < 4.78 is 54.7. The molecule has 0 spiro atoms. The molecule has 1 aromatic carbocycles. The van der Waals surface area contributed by atoms with Gasteiger partial charge >= 0.3 is 0 Å². The van der Waals surface area contributed by atoms with E-state index in [-0.39, 0.29) is 5.19 Å². The Kier molecular flexibility index (Phi) is 6.34. The fraction of sp³-hybridized carbons (Fsp3) is 0.455. The molecule has 0 saturated heterocycles. The smallest absolute Gasteiger partial charge is 0.261 e. The van der Waals surface area contributed by atoms with E-state index in [2.05, 4.69) is 0 Å². The summed E-state index contributed by atoms with van der Waals surface area (Å²) >= 11 is 0. The van der Waals surface area contributed by atoms with Crippen molar-refractivity contribution < 1.29 is 27.1 Å². The van der Waals surface area contributed by atoms with Crippen LogP contribution in [0.4, 0.5) is 13.2 Å². The van der Waals surface area contributed by atoms with Crippen LogP contribution >= 0.6 is 0 Å². The highest BCUT2D eigenvalue weighted by molar-refractivity contribution is 6.47. The minimum Gasteiger partial charge on any atom is -0.373 e. The van der Waals surface area contributed by atoms with Crippen molar-refractivity contribution in [2.45, 2.75) is 20.3 Å². The second-order valence-electron chi connectivity index (χ2n) is 3.36. The molecule has 0 atom stereocenters. The minimum absolute atomic E-state index is 0.221. The Morgan fingerprint density at radius 2 is 1.56 bits per heavy atom. The van der Waals surface area contributed by atoms with Crippen LogP contribution in [0, 0.1) is 17.5 Å². The Labute approximate surface area is 106 Å². The number of benzene rings is 1. The average molecular weight is 280 g/mol. The van der Waals surface area contributed by atoms with E-state index in [1.54, 1.807) is 13.8 Å². The molecule has 0 N–H and O–H groups in total. The van der Waals surface area contributed by atoms with Crippen molar-refractivity contribution in [1.82, 2.24) is 0 Å². The van der Waals surface area contributed by atoms with Gasteiger partial charge < -0.3 is 13.9 Å². The Morgan fingerprint density at radius 3 is 2.00 bits per heavy atom. The average Bonchev–Trinajstić information content (AvgIpc) is 2.28. The summed E-state index contributed by atoms with van der Waals surface area (Å²) in [7, 11) is -1.74. The molecular weight excluding hydrogens is 265 g/mol. The minimum atomic E-state index is -1.74. The first-order valence-electron chi connectivity index (χ1n) is 5.56. The summed E-state index contributed by atoms with van der Waals surface area (Å²) in [6.45, 7) is 3.27. The predicted octanol–water partition coefficient (Wildman–Crippen LogP) is 1.19. The zero-order chi connectivity index (χ0) is 13.5. The molecule has 0 aromatic heterocycles. The molecule has 1 rings (SSSR count). The Bertz CT molecular complexity index is 361. The van der Waals surface area contributed by atoms with Gasteiger partial charge in [0.15, 0.2) is 0 Å². The molecule has 0 fully saturated rings. The quantitative estimate of drug-likeness (QED) is 0.554. The molecular formula is C11H15F3O3Si. The summed E-state index contributed by atoms with van der Waals surface area (Å²) in [6, 6.07) is 1.26. The summed E-state index contributed by atoms with van der Waals surface area (Å²) in [4.78, 5) is 0. The first-order chi connectivity index (χ1) is 8.58. The molecule has 3 nitrogen and oxygen atoms in total. The van der Waals surface area contributed by atoms with Gasteiger partial charge in [-0.3, -0.25) is 0 Å². The number of hydrogen-bond donors (Lipinski definition) is 0. The van der Waals surface area contributed by atoms with Crippen LogP contribution < -0.4 is 5.19 Å². The maximum absolute atomic E-state index is 13.3. The van der Waals surface area contributed by atoms with Crippen molar-refractivity contribution in [2.75, 3.05) is 13.2 Å². The van der Waals surface area contributed by atoms with Gasteiger partial charge in [-0.25, -0.2) is 13.2 Å². The molecule has 0 bridgehead atoms. The number of hydrogen-bond acceptors (Lipinski definition) is 3. The lowest BCUT2D eigenvalue weighted by Crippen LogP contribution is -2.32. The molecule has 0 heterocycles. The van der Waals surface area contributed by atoms with Crippen LogP contribution in [0.3, 0.4) is 0 Å². The second-order valence-corrected chi connectivity index (χ2v) is 4.69. The fourth-order valence-electron chi connectivity index (χ4n) is 1.28. The van der Waals surface area contributed by atoms with E-state index in [9.17, 15) is 13.2 Å². The highest BCUT2D eigenvalue weighted by Crippen LogP contribution is 2.05. The van der Waals surface area contributed by atoms with E-state index in [1.807, 2.05) is 0 Å². The lowest BCUT2D eigenvalue weighted by molar-refractivity contribution is -0.242. The van der Waals surface area contributed by atoms with Gasteiger partial charge in [0.1, 0.15) is 17.5 Å². The predicted molar refractivity (Wildman–Crippen MR) is 62.6 cm³/mol. The van der Waals surface area contributed by atoms with E-state index in [1.165, 1.54) is 0 Å². The first-order valence-corrected chi connectivity index (χ1v) is 6.85. The molecule has 102 valence electrons. The molecule has 18 heavy (non-hydrogen) atoms. The van der Waals surface area contributed by atoms with Gasteiger partial charge in [0, 0.05) is 30.5 Å². The van der Waals surface area contributed by atoms with Gasteiger partial charge in [0.25, 0.3) is 6.48 Å². The molecule has 7 heteroatoms. The Morgan fingerprint density at radius 1 is 1.06 bits per heavy atom. The highest BCUT2D eigenvalue weighted by Gasteiger charge is 2.15. The standard InChI is InChI=1S/C11H15F3O3Si/c1-3-15-11(16-4-2)17-18-10-8(13)5-7(12)6-9(10)14/h5-6,11H,3-4,18H2,1-2H3. The molecule has 0 aliphatic carbocycles. The highest BCUT2D eigenvalue weighted by atomic mass is 28.2. The Hall–Kier alpha value is -0.893. The van der Waals surface area contributed by atoms with E-state index >= 15 is 0 Å². The molecule has 0 aliphatic heterocycles. The zero-order valence-corrected chi connectivity index (χ0v) is 11.6. The molecule has 0 amide bonds.